The molecule has 0 saturated heterocycles. The Kier molecular flexibility index (Phi) is 5.29. The number of carbonyl (C=O) groups is 1. The Morgan fingerprint density at radius 1 is 1.07 bits per heavy atom. The second kappa shape index (κ2) is 8.03. The minimum atomic E-state index is -0.171. The maximum absolute atomic E-state index is 12.8. The minimum Gasteiger partial charge on any atom is -0.347 e. The molecule has 0 fully saturated rings. The van der Waals surface area contributed by atoms with E-state index in [0.717, 1.165) is 27.5 Å². The van der Waals surface area contributed by atoms with Crippen LogP contribution in [0, 0.1) is 0 Å². The highest BCUT2D eigenvalue weighted by atomic mass is 35.5. The van der Waals surface area contributed by atoms with E-state index in [1.54, 1.807) is 11.1 Å². The van der Waals surface area contributed by atoms with Crippen LogP contribution in [-0.4, -0.2) is 21.1 Å². The molecule has 7 heteroatoms. The average Bonchev–Trinajstić information content (AvgIpc) is 3.10. The van der Waals surface area contributed by atoms with Crippen molar-refractivity contribution in [3.05, 3.63) is 94.9 Å². The molecule has 1 amide bonds. The van der Waals surface area contributed by atoms with Gasteiger partial charge in [0, 0.05) is 29.7 Å². The molecule has 0 aliphatic carbocycles. The maximum Gasteiger partial charge on any atom is 0.270 e. The molecular formula is C22H21ClN4O2. The highest BCUT2D eigenvalue weighted by Gasteiger charge is 2.31. The summed E-state index contributed by atoms with van der Waals surface area (Å²) in [4.78, 5) is 14.6. The Hall–Kier alpha value is -3.22. The smallest absolute Gasteiger partial charge is 0.270 e. The largest absolute Gasteiger partial charge is 0.347 e. The van der Waals surface area contributed by atoms with Gasteiger partial charge in [-0.25, -0.2) is 5.06 Å². The van der Waals surface area contributed by atoms with E-state index >= 15 is 0 Å². The molecule has 2 aliphatic heterocycles. The molecule has 0 atom stereocenters. The first kappa shape index (κ1) is 19.1. The number of rotatable bonds is 5. The van der Waals surface area contributed by atoms with Gasteiger partial charge in [0.15, 0.2) is 0 Å². The first-order chi connectivity index (χ1) is 14.0. The highest BCUT2D eigenvalue weighted by molar-refractivity contribution is 6.30. The van der Waals surface area contributed by atoms with Gasteiger partial charge >= 0.3 is 0 Å². The molecular weight excluding hydrogens is 388 g/mol. The molecule has 0 bridgehead atoms. The lowest BCUT2D eigenvalue weighted by molar-refractivity contribution is -0.118. The first-order valence-electron chi connectivity index (χ1n) is 9.35. The van der Waals surface area contributed by atoms with E-state index in [2.05, 4.69) is 10.6 Å². The summed E-state index contributed by atoms with van der Waals surface area (Å²) in [6.07, 6.45) is 5.32. The summed E-state index contributed by atoms with van der Waals surface area (Å²) in [5, 5.41) is 17.4. The molecule has 29 heavy (non-hydrogen) atoms. The number of nitrogens with one attached hydrogen (secondary N) is 2. The standard InChI is InChI=1S/C22H21ClN4O2/c1-2-19-21(27-12-11-26(29)14-20(27)25-19)22(28)24-13-15-3-5-16(6-4-15)17-7-9-18(23)10-8-17/h3-12,14,25,29H,2,13H2,1H3,(H,24,28). The summed E-state index contributed by atoms with van der Waals surface area (Å²) in [5.41, 5.74) is 4.54. The van der Waals surface area contributed by atoms with Crippen LogP contribution < -0.4 is 10.6 Å². The number of nitrogens with zero attached hydrogens (tertiary/aromatic N) is 2. The molecule has 0 unspecified atom stereocenters. The van der Waals surface area contributed by atoms with E-state index in [9.17, 15) is 10.0 Å². The normalized spacial score (nSPS) is 15.2. The van der Waals surface area contributed by atoms with Crippen LogP contribution in [0.1, 0.15) is 18.9 Å². The summed E-state index contributed by atoms with van der Waals surface area (Å²) >= 11 is 5.95. The van der Waals surface area contributed by atoms with Crippen molar-refractivity contribution in [2.75, 3.05) is 0 Å². The van der Waals surface area contributed by atoms with Crippen molar-refractivity contribution in [2.45, 2.75) is 19.9 Å². The quantitative estimate of drug-likeness (QED) is 0.694. The number of hydroxylamine groups is 2. The van der Waals surface area contributed by atoms with Crippen molar-refractivity contribution < 1.29 is 10.0 Å². The Balaban J connectivity index is 1.43. The van der Waals surface area contributed by atoms with Gasteiger partial charge < -0.3 is 10.6 Å². The lowest BCUT2D eigenvalue weighted by atomic mass is 10.0. The van der Waals surface area contributed by atoms with Crippen molar-refractivity contribution in [1.29, 1.82) is 0 Å². The number of benzene rings is 2. The number of allylic oxidation sites excluding steroid dienone is 1. The van der Waals surface area contributed by atoms with Gasteiger partial charge in [-0.3, -0.25) is 14.9 Å². The van der Waals surface area contributed by atoms with Crippen LogP contribution >= 0.6 is 11.6 Å². The fourth-order valence-electron chi connectivity index (χ4n) is 3.32. The zero-order chi connectivity index (χ0) is 20.4. The number of fused-ring (bicyclic) bond motifs is 1. The van der Waals surface area contributed by atoms with Crippen molar-refractivity contribution in [3.63, 3.8) is 0 Å². The Bertz CT molecular complexity index is 1010. The predicted octanol–water partition coefficient (Wildman–Crippen LogP) is 4.12. The molecule has 3 N–H and O–H groups in total. The number of hydrogen-bond donors (Lipinski definition) is 3. The lowest BCUT2D eigenvalue weighted by Crippen LogP contribution is -2.32. The molecule has 2 aromatic carbocycles. The van der Waals surface area contributed by atoms with Crippen LogP contribution in [0.4, 0.5) is 0 Å². The molecule has 2 aliphatic rings. The monoisotopic (exact) mass is 408 g/mol. The molecule has 0 aromatic heterocycles. The zero-order valence-electron chi connectivity index (χ0n) is 15.9. The summed E-state index contributed by atoms with van der Waals surface area (Å²) < 4.78 is 0. The Morgan fingerprint density at radius 2 is 1.72 bits per heavy atom. The summed E-state index contributed by atoms with van der Waals surface area (Å²) in [5.74, 6) is 0.472. The summed E-state index contributed by atoms with van der Waals surface area (Å²) in [6, 6.07) is 15.8. The van der Waals surface area contributed by atoms with E-state index in [4.69, 9.17) is 11.6 Å². The van der Waals surface area contributed by atoms with E-state index in [1.807, 2.05) is 55.5 Å². The second-order valence-corrected chi connectivity index (χ2v) is 7.19. The lowest BCUT2D eigenvalue weighted by Gasteiger charge is -2.23. The summed E-state index contributed by atoms with van der Waals surface area (Å²) in [6.45, 7) is 2.40. The van der Waals surface area contributed by atoms with Gasteiger partial charge in [0.05, 0.1) is 6.20 Å². The third-order valence-electron chi connectivity index (χ3n) is 4.84. The molecule has 4 rings (SSSR count). The van der Waals surface area contributed by atoms with Crippen LogP contribution in [0.15, 0.2) is 84.3 Å². The van der Waals surface area contributed by atoms with Gasteiger partial charge in [0.1, 0.15) is 11.5 Å². The fourth-order valence-corrected chi connectivity index (χ4v) is 3.44. The fraction of sp³-hybridized carbons (Fsp3) is 0.136. The number of hydrogen-bond acceptors (Lipinski definition) is 5. The average molecular weight is 409 g/mol. The van der Waals surface area contributed by atoms with Crippen LogP contribution in [0.5, 0.6) is 0 Å². The van der Waals surface area contributed by atoms with Crippen molar-refractivity contribution >= 4 is 17.5 Å². The summed E-state index contributed by atoms with van der Waals surface area (Å²) in [7, 11) is 0. The molecule has 0 spiro atoms. The van der Waals surface area contributed by atoms with Crippen LogP contribution in [0.2, 0.25) is 5.02 Å². The van der Waals surface area contributed by atoms with Crippen molar-refractivity contribution in [1.82, 2.24) is 20.6 Å². The van der Waals surface area contributed by atoms with Gasteiger partial charge in [0.25, 0.3) is 5.91 Å². The molecule has 2 heterocycles. The van der Waals surface area contributed by atoms with E-state index in [-0.39, 0.29) is 5.91 Å². The van der Waals surface area contributed by atoms with Crippen molar-refractivity contribution in [2.24, 2.45) is 0 Å². The van der Waals surface area contributed by atoms with Crippen LogP contribution in [0.3, 0.4) is 0 Å². The third kappa shape index (κ3) is 3.99. The third-order valence-corrected chi connectivity index (χ3v) is 5.09. The Labute approximate surface area is 174 Å². The van der Waals surface area contributed by atoms with Gasteiger partial charge in [-0.15, -0.1) is 0 Å². The molecule has 0 saturated carbocycles. The van der Waals surface area contributed by atoms with Crippen LogP contribution in [-0.2, 0) is 11.3 Å². The predicted molar refractivity (Wildman–Crippen MR) is 112 cm³/mol. The molecule has 148 valence electrons. The van der Waals surface area contributed by atoms with Crippen LogP contribution in [0.25, 0.3) is 11.1 Å². The maximum atomic E-state index is 12.8. The topological polar surface area (TPSA) is 67.8 Å². The number of halogens is 1. The van der Waals surface area contributed by atoms with E-state index < -0.39 is 0 Å². The van der Waals surface area contributed by atoms with Gasteiger partial charge in [0.2, 0.25) is 0 Å². The molecule has 6 nitrogen and oxygen atoms in total. The molecule has 2 aromatic rings. The van der Waals surface area contributed by atoms with Gasteiger partial charge in [-0.1, -0.05) is 54.9 Å². The van der Waals surface area contributed by atoms with E-state index in [1.165, 1.54) is 12.4 Å². The Morgan fingerprint density at radius 3 is 2.38 bits per heavy atom. The highest BCUT2D eigenvalue weighted by Crippen LogP contribution is 2.28. The zero-order valence-corrected chi connectivity index (χ0v) is 16.6. The number of carbonyl (C=O) groups excluding carboxylic acids is 1. The van der Waals surface area contributed by atoms with Gasteiger partial charge in [-0.05, 0) is 35.2 Å². The first-order valence-corrected chi connectivity index (χ1v) is 9.73. The van der Waals surface area contributed by atoms with E-state index in [0.29, 0.717) is 29.5 Å². The van der Waals surface area contributed by atoms with Crippen molar-refractivity contribution in [3.8, 4) is 11.1 Å². The number of amides is 1. The van der Waals surface area contributed by atoms with Gasteiger partial charge in [-0.2, -0.15) is 0 Å². The molecule has 0 radical (unpaired) electrons. The minimum absolute atomic E-state index is 0.171. The SMILES string of the molecule is CCC1=C(C(=O)NCc2ccc(-c3ccc(Cl)cc3)cc2)N2C=CN(O)C=C2N1. The second-order valence-electron chi connectivity index (χ2n) is 6.75.